The normalized spacial score (nSPS) is 26.7. The fraction of sp³-hybridized carbons (Fsp3) is 0.833. The number of hydrogen-bond donors (Lipinski definition) is 0. The second-order valence-corrected chi connectivity index (χ2v) is 4.82. The first-order valence-electron chi connectivity index (χ1n) is 6.40. The van der Waals surface area contributed by atoms with Crippen LogP contribution in [-0.4, -0.2) is 72.3 Å². The molecule has 0 aromatic rings. The highest BCUT2D eigenvalue weighted by Crippen LogP contribution is 2.19. The summed E-state index contributed by atoms with van der Waals surface area (Å²) in [5, 5.41) is 0. The van der Waals surface area contributed by atoms with Crippen molar-refractivity contribution in [2.75, 3.05) is 39.8 Å². The maximum atomic E-state index is 12.3. The standard InChI is InChI=1S/C12H21N3O2/c1-3-14-6-8-15(9-7-14)12(17)10-4-5-11(16)13(10)2/h10H,3-9H2,1-2H3. The van der Waals surface area contributed by atoms with Crippen molar-refractivity contribution in [1.82, 2.24) is 14.7 Å². The van der Waals surface area contributed by atoms with Crippen molar-refractivity contribution >= 4 is 11.8 Å². The molecule has 17 heavy (non-hydrogen) atoms. The van der Waals surface area contributed by atoms with Crippen molar-refractivity contribution in [2.45, 2.75) is 25.8 Å². The molecular formula is C12H21N3O2. The molecule has 2 fully saturated rings. The Morgan fingerprint density at radius 2 is 1.94 bits per heavy atom. The van der Waals surface area contributed by atoms with E-state index in [9.17, 15) is 9.59 Å². The Morgan fingerprint density at radius 3 is 2.41 bits per heavy atom. The first-order valence-corrected chi connectivity index (χ1v) is 6.40. The summed E-state index contributed by atoms with van der Waals surface area (Å²) in [6, 6.07) is -0.212. The van der Waals surface area contributed by atoms with E-state index in [1.807, 2.05) is 4.90 Å². The summed E-state index contributed by atoms with van der Waals surface area (Å²) in [5.74, 6) is 0.227. The van der Waals surface area contributed by atoms with Gasteiger partial charge in [-0.05, 0) is 13.0 Å². The van der Waals surface area contributed by atoms with Crippen LogP contribution in [0.5, 0.6) is 0 Å². The minimum absolute atomic E-state index is 0.0931. The van der Waals surface area contributed by atoms with Crippen LogP contribution < -0.4 is 0 Å². The fourth-order valence-corrected chi connectivity index (χ4v) is 2.59. The van der Waals surface area contributed by atoms with Crippen molar-refractivity contribution in [2.24, 2.45) is 0 Å². The molecular weight excluding hydrogens is 218 g/mol. The molecule has 1 atom stereocenters. The molecule has 5 heteroatoms. The first-order chi connectivity index (χ1) is 8.13. The van der Waals surface area contributed by atoms with Crippen LogP contribution in [0.25, 0.3) is 0 Å². The molecule has 2 aliphatic rings. The van der Waals surface area contributed by atoms with Gasteiger partial charge in [0.25, 0.3) is 0 Å². The minimum atomic E-state index is -0.212. The van der Waals surface area contributed by atoms with Crippen LogP contribution in [0.2, 0.25) is 0 Å². The third kappa shape index (κ3) is 2.44. The molecule has 2 saturated heterocycles. The van der Waals surface area contributed by atoms with Crippen LogP contribution >= 0.6 is 0 Å². The number of amides is 2. The maximum Gasteiger partial charge on any atom is 0.245 e. The number of carbonyl (C=O) groups is 2. The van der Waals surface area contributed by atoms with Gasteiger partial charge in [-0.25, -0.2) is 0 Å². The predicted octanol–water partition coefficient (Wildman–Crippen LogP) is -0.229. The van der Waals surface area contributed by atoms with E-state index >= 15 is 0 Å². The highest BCUT2D eigenvalue weighted by atomic mass is 16.2. The summed E-state index contributed by atoms with van der Waals surface area (Å²) in [6.45, 7) is 6.68. The van der Waals surface area contributed by atoms with Gasteiger partial charge in [-0.2, -0.15) is 0 Å². The fourth-order valence-electron chi connectivity index (χ4n) is 2.59. The molecule has 0 bridgehead atoms. The van der Waals surface area contributed by atoms with Crippen molar-refractivity contribution < 1.29 is 9.59 Å². The summed E-state index contributed by atoms with van der Waals surface area (Å²) in [6.07, 6.45) is 1.20. The highest BCUT2D eigenvalue weighted by molar-refractivity contribution is 5.90. The lowest BCUT2D eigenvalue weighted by atomic mass is 10.1. The molecule has 2 heterocycles. The predicted molar refractivity (Wildman–Crippen MR) is 64.5 cm³/mol. The monoisotopic (exact) mass is 239 g/mol. The summed E-state index contributed by atoms with van der Waals surface area (Å²) in [5.41, 5.74) is 0. The number of nitrogens with zero attached hydrogens (tertiary/aromatic N) is 3. The maximum absolute atomic E-state index is 12.3. The Balaban J connectivity index is 1.91. The zero-order valence-electron chi connectivity index (χ0n) is 10.7. The molecule has 0 N–H and O–H groups in total. The number of hydrogen-bond acceptors (Lipinski definition) is 3. The number of piperazine rings is 1. The van der Waals surface area contributed by atoms with Crippen LogP contribution in [0.3, 0.4) is 0 Å². The van der Waals surface area contributed by atoms with Gasteiger partial charge in [-0.1, -0.05) is 6.92 Å². The van der Waals surface area contributed by atoms with E-state index in [4.69, 9.17) is 0 Å². The summed E-state index contributed by atoms with van der Waals surface area (Å²) >= 11 is 0. The van der Waals surface area contributed by atoms with E-state index in [0.717, 1.165) is 32.7 Å². The lowest BCUT2D eigenvalue weighted by Crippen LogP contribution is -2.53. The quantitative estimate of drug-likeness (QED) is 0.668. The molecule has 0 aromatic carbocycles. The number of rotatable bonds is 2. The van der Waals surface area contributed by atoms with Gasteiger partial charge in [-0.15, -0.1) is 0 Å². The molecule has 0 aliphatic carbocycles. The Morgan fingerprint density at radius 1 is 1.29 bits per heavy atom. The molecule has 0 radical (unpaired) electrons. The zero-order valence-corrected chi connectivity index (χ0v) is 10.7. The second kappa shape index (κ2) is 5.04. The molecule has 0 aromatic heterocycles. The van der Waals surface area contributed by atoms with E-state index in [1.54, 1.807) is 11.9 Å². The number of carbonyl (C=O) groups excluding carboxylic acids is 2. The first kappa shape index (κ1) is 12.4. The zero-order chi connectivity index (χ0) is 12.4. The molecule has 2 amide bonds. The Labute approximate surface area is 102 Å². The second-order valence-electron chi connectivity index (χ2n) is 4.82. The van der Waals surface area contributed by atoms with Crippen molar-refractivity contribution in [3.8, 4) is 0 Å². The Kier molecular flexibility index (Phi) is 3.66. The largest absolute Gasteiger partial charge is 0.338 e. The average molecular weight is 239 g/mol. The highest BCUT2D eigenvalue weighted by Gasteiger charge is 2.36. The molecule has 5 nitrogen and oxygen atoms in total. The van der Waals surface area contributed by atoms with Crippen LogP contribution in [-0.2, 0) is 9.59 Å². The van der Waals surface area contributed by atoms with E-state index in [0.29, 0.717) is 12.8 Å². The summed E-state index contributed by atoms with van der Waals surface area (Å²) in [7, 11) is 1.74. The van der Waals surface area contributed by atoms with Crippen LogP contribution in [0, 0.1) is 0 Å². The third-order valence-electron chi connectivity index (χ3n) is 3.91. The van der Waals surface area contributed by atoms with Gasteiger partial charge < -0.3 is 14.7 Å². The van der Waals surface area contributed by atoms with Gasteiger partial charge in [0, 0.05) is 39.6 Å². The molecule has 1 unspecified atom stereocenters. The molecule has 0 spiro atoms. The smallest absolute Gasteiger partial charge is 0.245 e. The van der Waals surface area contributed by atoms with Gasteiger partial charge >= 0.3 is 0 Å². The van der Waals surface area contributed by atoms with E-state index in [1.165, 1.54) is 0 Å². The van der Waals surface area contributed by atoms with Crippen molar-refractivity contribution in [1.29, 1.82) is 0 Å². The van der Waals surface area contributed by atoms with Crippen LogP contribution in [0.4, 0.5) is 0 Å². The molecule has 0 saturated carbocycles. The van der Waals surface area contributed by atoms with Gasteiger partial charge in [0.15, 0.2) is 0 Å². The molecule has 2 aliphatic heterocycles. The van der Waals surface area contributed by atoms with E-state index in [2.05, 4.69) is 11.8 Å². The van der Waals surface area contributed by atoms with Crippen LogP contribution in [0.1, 0.15) is 19.8 Å². The third-order valence-corrected chi connectivity index (χ3v) is 3.91. The minimum Gasteiger partial charge on any atom is -0.338 e. The summed E-state index contributed by atoms with van der Waals surface area (Å²) in [4.78, 5) is 29.5. The molecule has 2 rings (SSSR count). The van der Waals surface area contributed by atoms with Gasteiger partial charge in [0.1, 0.15) is 6.04 Å². The van der Waals surface area contributed by atoms with E-state index in [-0.39, 0.29) is 17.9 Å². The van der Waals surface area contributed by atoms with Crippen LogP contribution in [0.15, 0.2) is 0 Å². The summed E-state index contributed by atoms with van der Waals surface area (Å²) < 4.78 is 0. The number of likely N-dealkylation sites (N-methyl/N-ethyl adjacent to an activating group) is 2. The van der Waals surface area contributed by atoms with Gasteiger partial charge in [-0.3, -0.25) is 9.59 Å². The lowest BCUT2D eigenvalue weighted by Gasteiger charge is -2.36. The van der Waals surface area contributed by atoms with Gasteiger partial charge in [0.2, 0.25) is 11.8 Å². The topological polar surface area (TPSA) is 43.9 Å². The molecule has 96 valence electrons. The lowest BCUT2D eigenvalue weighted by molar-refractivity contribution is -0.141. The van der Waals surface area contributed by atoms with Crippen molar-refractivity contribution in [3.63, 3.8) is 0 Å². The Bertz CT molecular complexity index is 311. The van der Waals surface area contributed by atoms with Gasteiger partial charge in [0.05, 0.1) is 0 Å². The van der Waals surface area contributed by atoms with Crippen molar-refractivity contribution in [3.05, 3.63) is 0 Å². The van der Waals surface area contributed by atoms with E-state index < -0.39 is 0 Å². The SMILES string of the molecule is CCN1CCN(C(=O)C2CCC(=O)N2C)CC1. The number of likely N-dealkylation sites (tertiary alicyclic amines) is 1. The Hall–Kier alpha value is -1.10. The average Bonchev–Trinajstić information content (AvgIpc) is 2.69.